The maximum Gasteiger partial charge on any atom is 0.254 e. The number of hydrogen-bond acceptors (Lipinski definition) is 1. The molecule has 0 bridgehead atoms. The third-order valence-electron chi connectivity index (χ3n) is 2.72. The van der Waals surface area contributed by atoms with E-state index in [9.17, 15) is 9.18 Å². The molecule has 2 nitrogen and oxygen atoms in total. The van der Waals surface area contributed by atoms with E-state index >= 15 is 0 Å². The summed E-state index contributed by atoms with van der Waals surface area (Å²) in [5.74, 6) is -0.778. The Labute approximate surface area is 116 Å². The first kappa shape index (κ1) is 15.2. The quantitative estimate of drug-likeness (QED) is 0.601. The number of unbranched alkanes of at least 4 members (excludes halogenated alkanes) is 3. The van der Waals surface area contributed by atoms with Gasteiger partial charge < -0.3 is 5.32 Å². The zero-order valence-corrected chi connectivity index (χ0v) is 12.2. The minimum absolute atomic E-state index is 0.126. The lowest BCUT2D eigenvalue weighted by Crippen LogP contribution is -2.25. The van der Waals surface area contributed by atoms with E-state index in [0.717, 1.165) is 36.6 Å². The number of amides is 1. The SMILES string of the molecule is Cc1ccc(C(=O)NCCCCCCBr)c(F)c1. The molecule has 0 aliphatic rings. The van der Waals surface area contributed by atoms with Crippen molar-refractivity contribution in [3.63, 3.8) is 0 Å². The second-order valence-corrected chi connectivity index (χ2v) is 5.14. The van der Waals surface area contributed by atoms with E-state index in [0.29, 0.717) is 6.54 Å². The van der Waals surface area contributed by atoms with Gasteiger partial charge in [-0.3, -0.25) is 4.79 Å². The summed E-state index contributed by atoms with van der Waals surface area (Å²) in [5, 5.41) is 3.77. The van der Waals surface area contributed by atoms with E-state index in [2.05, 4.69) is 21.2 Å². The minimum atomic E-state index is -0.452. The van der Waals surface area contributed by atoms with E-state index in [-0.39, 0.29) is 11.5 Å². The normalized spacial score (nSPS) is 10.4. The van der Waals surface area contributed by atoms with Crippen LogP contribution in [0.3, 0.4) is 0 Å². The molecule has 0 heterocycles. The Bertz CT molecular complexity index is 395. The molecule has 0 fully saturated rings. The van der Waals surface area contributed by atoms with Crippen LogP contribution in [0.15, 0.2) is 18.2 Å². The van der Waals surface area contributed by atoms with Crippen molar-refractivity contribution in [1.82, 2.24) is 5.32 Å². The lowest BCUT2D eigenvalue weighted by Gasteiger charge is -2.06. The first-order valence-corrected chi connectivity index (χ1v) is 7.37. The zero-order chi connectivity index (χ0) is 13.4. The van der Waals surface area contributed by atoms with Crippen LogP contribution in [0.5, 0.6) is 0 Å². The van der Waals surface area contributed by atoms with Crippen LogP contribution in [0.2, 0.25) is 0 Å². The van der Waals surface area contributed by atoms with Crippen molar-refractivity contribution in [3.05, 3.63) is 35.1 Å². The number of rotatable bonds is 7. The van der Waals surface area contributed by atoms with Gasteiger partial charge in [0.2, 0.25) is 0 Å². The maximum absolute atomic E-state index is 13.5. The molecular formula is C14H19BrFNO. The van der Waals surface area contributed by atoms with Gasteiger partial charge >= 0.3 is 0 Å². The van der Waals surface area contributed by atoms with Crippen LogP contribution in [-0.4, -0.2) is 17.8 Å². The third kappa shape index (κ3) is 5.17. The van der Waals surface area contributed by atoms with Crippen LogP contribution in [-0.2, 0) is 0 Å². The highest BCUT2D eigenvalue weighted by Crippen LogP contribution is 2.09. The molecule has 0 saturated heterocycles. The van der Waals surface area contributed by atoms with Crippen LogP contribution >= 0.6 is 15.9 Å². The van der Waals surface area contributed by atoms with Gasteiger partial charge in [0.05, 0.1) is 5.56 Å². The molecule has 4 heteroatoms. The molecule has 1 aromatic rings. The first-order valence-electron chi connectivity index (χ1n) is 6.25. The fourth-order valence-corrected chi connectivity index (χ4v) is 2.07. The van der Waals surface area contributed by atoms with Gasteiger partial charge in [0.15, 0.2) is 0 Å². The topological polar surface area (TPSA) is 29.1 Å². The molecule has 0 saturated carbocycles. The van der Waals surface area contributed by atoms with E-state index in [1.54, 1.807) is 13.0 Å². The average molecular weight is 316 g/mol. The van der Waals surface area contributed by atoms with Gasteiger partial charge in [-0.1, -0.05) is 34.8 Å². The summed E-state index contributed by atoms with van der Waals surface area (Å²) in [7, 11) is 0. The molecule has 18 heavy (non-hydrogen) atoms. The van der Waals surface area contributed by atoms with Crippen LogP contribution in [0.25, 0.3) is 0 Å². The highest BCUT2D eigenvalue weighted by molar-refractivity contribution is 9.09. The van der Waals surface area contributed by atoms with Gasteiger partial charge in [0, 0.05) is 11.9 Å². The molecule has 0 atom stereocenters. The van der Waals surface area contributed by atoms with Crippen molar-refractivity contribution in [3.8, 4) is 0 Å². The minimum Gasteiger partial charge on any atom is -0.352 e. The predicted molar refractivity (Wildman–Crippen MR) is 75.7 cm³/mol. The van der Waals surface area contributed by atoms with Gasteiger partial charge in [-0.05, 0) is 37.5 Å². The summed E-state index contributed by atoms with van der Waals surface area (Å²) < 4.78 is 13.5. The summed E-state index contributed by atoms with van der Waals surface area (Å²) in [5.41, 5.74) is 0.944. The summed E-state index contributed by atoms with van der Waals surface area (Å²) in [6.45, 7) is 2.41. The molecule has 0 radical (unpaired) electrons. The average Bonchev–Trinajstić information content (AvgIpc) is 2.33. The predicted octanol–water partition coefficient (Wildman–Crippen LogP) is 3.82. The van der Waals surface area contributed by atoms with Gasteiger partial charge in [0.25, 0.3) is 5.91 Å². The summed E-state index contributed by atoms with van der Waals surface area (Å²) in [4.78, 5) is 11.7. The number of carbonyl (C=O) groups excluding carboxylic acids is 1. The molecule has 1 aromatic carbocycles. The maximum atomic E-state index is 13.5. The van der Waals surface area contributed by atoms with Crippen LogP contribution < -0.4 is 5.32 Å². The molecule has 1 amide bonds. The van der Waals surface area contributed by atoms with Gasteiger partial charge in [-0.25, -0.2) is 4.39 Å². The van der Waals surface area contributed by atoms with Crippen molar-refractivity contribution < 1.29 is 9.18 Å². The third-order valence-corrected chi connectivity index (χ3v) is 3.28. The first-order chi connectivity index (χ1) is 8.65. The Morgan fingerprint density at radius 3 is 2.67 bits per heavy atom. The Hall–Kier alpha value is -0.900. The molecular weight excluding hydrogens is 297 g/mol. The van der Waals surface area contributed by atoms with Crippen LogP contribution in [0, 0.1) is 12.7 Å². The molecule has 0 aliphatic carbocycles. The number of benzene rings is 1. The van der Waals surface area contributed by atoms with E-state index in [1.165, 1.54) is 12.1 Å². The second-order valence-electron chi connectivity index (χ2n) is 4.34. The highest BCUT2D eigenvalue weighted by Gasteiger charge is 2.10. The monoisotopic (exact) mass is 315 g/mol. The molecule has 100 valence electrons. The number of alkyl halides is 1. The number of hydrogen-bond donors (Lipinski definition) is 1. The molecule has 0 aliphatic heterocycles. The van der Waals surface area contributed by atoms with E-state index in [4.69, 9.17) is 0 Å². The second kappa shape index (κ2) is 8.25. The molecule has 0 aromatic heterocycles. The Balaban J connectivity index is 2.32. The van der Waals surface area contributed by atoms with Crippen molar-refractivity contribution in [1.29, 1.82) is 0 Å². The smallest absolute Gasteiger partial charge is 0.254 e. The van der Waals surface area contributed by atoms with E-state index in [1.807, 2.05) is 0 Å². The molecule has 1 N–H and O–H groups in total. The van der Waals surface area contributed by atoms with Crippen molar-refractivity contribution >= 4 is 21.8 Å². The standard InChI is InChI=1S/C14H19BrFNO/c1-11-6-7-12(13(16)10-11)14(18)17-9-5-3-2-4-8-15/h6-7,10H,2-5,8-9H2,1H3,(H,17,18). The van der Waals surface area contributed by atoms with Gasteiger partial charge in [0.1, 0.15) is 5.82 Å². The number of aryl methyl sites for hydroxylation is 1. The summed E-state index contributed by atoms with van der Waals surface area (Å²) in [6, 6.07) is 4.66. The van der Waals surface area contributed by atoms with Crippen molar-refractivity contribution in [2.45, 2.75) is 32.6 Å². The Kier molecular flexibility index (Phi) is 6.94. The lowest BCUT2D eigenvalue weighted by molar-refractivity contribution is 0.0949. The summed E-state index contributed by atoms with van der Waals surface area (Å²) in [6.07, 6.45) is 4.33. The fourth-order valence-electron chi connectivity index (χ4n) is 1.67. The summed E-state index contributed by atoms with van der Waals surface area (Å²) >= 11 is 3.37. The van der Waals surface area contributed by atoms with Gasteiger partial charge in [-0.15, -0.1) is 0 Å². The van der Waals surface area contributed by atoms with Gasteiger partial charge in [-0.2, -0.15) is 0 Å². The largest absolute Gasteiger partial charge is 0.352 e. The van der Waals surface area contributed by atoms with Crippen molar-refractivity contribution in [2.24, 2.45) is 0 Å². The zero-order valence-electron chi connectivity index (χ0n) is 10.6. The number of nitrogens with one attached hydrogen (secondary N) is 1. The Morgan fingerprint density at radius 2 is 2.00 bits per heavy atom. The molecule has 1 rings (SSSR count). The van der Waals surface area contributed by atoms with Crippen molar-refractivity contribution in [2.75, 3.05) is 11.9 Å². The van der Waals surface area contributed by atoms with E-state index < -0.39 is 5.82 Å². The molecule has 0 unspecified atom stereocenters. The fraction of sp³-hybridized carbons (Fsp3) is 0.500. The number of carbonyl (C=O) groups is 1. The lowest BCUT2D eigenvalue weighted by atomic mass is 10.1. The van der Waals surface area contributed by atoms with Crippen LogP contribution in [0.1, 0.15) is 41.6 Å². The molecule has 0 spiro atoms. The number of halogens is 2. The van der Waals surface area contributed by atoms with Crippen LogP contribution in [0.4, 0.5) is 4.39 Å². The highest BCUT2D eigenvalue weighted by atomic mass is 79.9. The Morgan fingerprint density at radius 1 is 1.28 bits per heavy atom.